The first-order chi connectivity index (χ1) is 12.6. The van der Waals surface area contributed by atoms with Crippen molar-refractivity contribution in [3.8, 4) is 5.75 Å². The second-order valence-electron chi connectivity index (χ2n) is 6.51. The minimum absolute atomic E-state index is 0.00232. The molecule has 0 radical (unpaired) electrons. The van der Waals surface area contributed by atoms with Crippen LogP contribution in [-0.4, -0.2) is 35.2 Å². The molecular weight excluding hydrogens is 394 g/mol. The van der Waals surface area contributed by atoms with E-state index in [2.05, 4.69) is 55.6 Å². The van der Waals surface area contributed by atoms with Crippen LogP contribution in [0, 0.1) is 5.92 Å². The first kappa shape index (κ1) is 18.6. The topological polar surface area (TPSA) is 64.9 Å². The predicted octanol–water partition coefficient (Wildman–Crippen LogP) is 3.52. The maximum absolute atomic E-state index is 12.3. The molecule has 136 valence electrons. The number of aromatic hydroxyl groups is 1. The van der Waals surface area contributed by atoms with Crippen LogP contribution in [0.4, 0.5) is 0 Å². The van der Waals surface area contributed by atoms with Crippen LogP contribution in [0.3, 0.4) is 0 Å². The van der Waals surface area contributed by atoms with Gasteiger partial charge in [0.2, 0.25) is 5.91 Å². The number of hydrogen-bond donors (Lipinski definition) is 2. The first-order valence-corrected chi connectivity index (χ1v) is 9.48. The molecule has 1 aliphatic heterocycles. The second-order valence-corrected chi connectivity index (χ2v) is 7.42. The van der Waals surface area contributed by atoms with Gasteiger partial charge in [0.15, 0.2) is 0 Å². The van der Waals surface area contributed by atoms with Gasteiger partial charge in [-0.1, -0.05) is 40.2 Å². The molecule has 0 spiro atoms. The Morgan fingerprint density at radius 3 is 2.65 bits per heavy atom. The molecule has 0 aliphatic carbocycles. The third-order valence-corrected chi connectivity index (χ3v) is 5.07. The van der Waals surface area contributed by atoms with E-state index in [4.69, 9.17) is 0 Å². The molecule has 0 atom stereocenters. The summed E-state index contributed by atoms with van der Waals surface area (Å²) in [7, 11) is 0. The standard InChI is InChI=1S/C20H22BrN3O2/c21-18-6-4-15(5-7-18)14-24-10-8-17(9-11-24)20(26)23-22-13-16-2-1-3-19(25)12-16/h1-7,12-13,17,25H,8-11,14H2,(H,23,26). The molecule has 5 nitrogen and oxygen atoms in total. The van der Waals surface area contributed by atoms with Crippen molar-refractivity contribution in [2.45, 2.75) is 19.4 Å². The first-order valence-electron chi connectivity index (χ1n) is 8.69. The number of carbonyl (C=O) groups is 1. The van der Waals surface area contributed by atoms with Gasteiger partial charge in [0.05, 0.1) is 6.21 Å². The number of hydrazone groups is 1. The summed E-state index contributed by atoms with van der Waals surface area (Å²) in [6, 6.07) is 15.1. The van der Waals surface area contributed by atoms with Crippen molar-refractivity contribution >= 4 is 28.1 Å². The zero-order valence-corrected chi connectivity index (χ0v) is 16.0. The van der Waals surface area contributed by atoms with Crippen LogP contribution in [0.25, 0.3) is 0 Å². The largest absolute Gasteiger partial charge is 0.508 e. The molecule has 1 heterocycles. The van der Waals surface area contributed by atoms with E-state index >= 15 is 0 Å². The normalized spacial score (nSPS) is 16.0. The number of nitrogens with one attached hydrogen (secondary N) is 1. The van der Waals surface area contributed by atoms with Crippen LogP contribution in [0.2, 0.25) is 0 Å². The maximum Gasteiger partial charge on any atom is 0.243 e. The van der Waals surface area contributed by atoms with Gasteiger partial charge in [0.1, 0.15) is 5.75 Å². The Balaban J connectivity index is 1.43. The number of carbonyl (C=O) groups excluding carboxylic acids is 1. The SMILES string of the molecule is O=C(NN=Cc1cccc(O)c1)C1CCN(Cc2ccc(Br)cc2)CC1. The van der Waals surface area contributed by atoms with Gasteiger partial charge in [-0.3, -0.25) is 9.69 Å². The highest BCUT2D eigenvalue weighted by molar-refractivity contribution is 9.10. The number of phenolic OH excluding ortho intramolecular Hbond substituents is 1. The molecule has 0 aromatic heterocycles. The van der Waals surface area contributed by atoms with Crippen molar-refractivity contribution in [1.29, 1.82) is 0 Å². The van der Waals surface area contributed by atoms with Gasteiger partial charge in [-0.05, 0) is 61.3 Å². The Hall–Kier alpha value is -2.18. The van der Waals surface area contributed by atoms with E-state index in [-0.39, 0.29) is 17.6 Å². The third-order valence-electron chi connectivity index (χ3n) is 4.54. The van der Waals surface area contributed by atoms with E-state index in [1.165, 1.54) is 5.56 Å². The molecule has 1 amide bonds. The molecule has 1 fully saturated rings. The van der Waals surface area contributed by atoms with E-state index in [1.54, 1.807) is 24.4 Å². The minimum Gasteiger partial charge on any atom is -0.508 e. The molecule has 0 saturated carbocycles. The monoisotopic (exact) mass is 415 g/mol. The smallest absolute Gasteiger partial charge is 0.243 e. The molecule has 2 N–H and O–H groups in total. The average molecular weight is 416 g/mol. The zero-order chi connectivity index (χ0) is 18.4. The lowest BCUT2D eigenvalue weighted by molar-refractivity contribution is -0.126. The molecule has 0 unspecified atom stereocenters. The number of hydrogen-bond acceptors (Lipinski definition) is 4. The van der Waals surface area contributed by atoms with Crippen molar-refractivity contribution in [1.82, 2.24) is 10.3 Å². The highest BCUT2D eigenvalue weighted by Gasteiger charge is 2.24. The number of likely N-dealkylation sites (tertiary alicyclic amines) is 1. The van der Waals surface area contributed by atoms with Crippen LogP contribution >= 0.6 is 15.9 Å². The quantitative estimate of drug-likeness (QED) is 0.579. The predicted molar refractivity (Wildman–Crippen MR) is 106 cm³/mol. The molecule has 1 aliphatic rings. The Kier molecular flexibility index (Phi) is 6.41. The van der Waals surface area contributed by atoms with Crippen LogP contribution in [0.5, 0.6) is 5.75 Å². The highest BCUT2D eigenvalue weighted by atomic mass is 79.9. The third kappa shape index (κ3) is 5.41. The molecule has 2 aromatic rings. The van der Waals surface area contributed by atoms with E-state index in [0.717, 1.165) is 42.5 Å². The fourth-order valence-corrected chi connectivity index (χ4v) is 3.33. The van der Waals surface area contributed by atoms with Crippen molar-refractivity contribution in [3.63, 3.8) is 0 Å². The lowest BCUT2D eigenvalue weighted by atomic mass is 9.96. The number of rotatable bonds is 5. The van der Waals surface area contributed by atoms with Gasteiger partial charge >= 0.3 is 0 Å². The number of benzene rings is 2. The van der Waals surface area contributed by atoms with E-state index < -0.39 is 0 Å². The van der Waals surface area contributed by atoms with Crippen molar-refractivity contribution in [2.75, 3.05) is 13.1 Å². The molecule has 3 rings (SSSR count). The number of amides is 1. The van der Waals surface area contributed by atoms with Gasteiger partial charge < -0.3 is 5.11 Å². The zero-order valence-electron chi connectivity index (χ0n) is 14.4. The van der Waals surface area contributed by atoms with Gasteiger partial charge in [-0.2, -0.15) is 5.10 Å². The Morgan fingerprint density at radius 1 is 1.23 bits per heavy atom. The van der Waals surface area contributed by atoms with Crippen molar-refractivity contribution in [2.24, 2.45) is 11.0 Å². The molecule has 6 heteroatoms. The average Bonchev–Trinajstić information content (AvgIpc) is 2.64. The Labute approximate surface area is 161 Å². The van der Waals surface area contributed by atoms with Crippen molar-refractivity contribution in [3.05, 3.63) is 64.1 Å². The summed E-state index contributed by atoms with van der Waals surface area (Å²) in [6.45, 7) is 2.73. The molecule has 1 saturated heterocycles. The maximum atomic E-state index is 12.3. The summed E-state index contributed by atoms with van der Waals surface area (Å²) in [5, 5.41) is 13.4. The van der Waals surface area contributed by atoms with Gasteiger partial charge in [-0.15, -0.1) is 0 Å². The second kappa shape index (κ2) is 8.96. The number of phenols is 1. The van der Waals surface area contributed by atoms with Crippen LogP contribution in [-0.2, 0) is 11.3 Å². The number of piperidine rings is 1. The fraction of sp³-hybridized carbons (Fsp3) is 0.300. The van der Waals surface area contributed by atoms with Crippen molar-refractivity contribution < 1.29 is 9.90 Å². The molecular formula is C20H22BrN3O2. The number of nitrogens with zero attached hydrogens (tertiary/aromatic N) is 2. The van der Waals surface area contributed by atoms with Gasteiger partial charge in [-0.25, -0.2) is 5.43 Å². The summed E-state index contributed by atoms with van der Waals surface area (Å²) >= 11 is 3.45. The van der Waals surface area contributed by atoms with Crippen LogP contribution < -0.4 is 5.43 Å². The summed E-state index contributed by atoms with van der Waals surface area (Å²) in [5.74, 6) is 0.139. The summed E-state index contributed by atoms with van der Waals surface area (Å²) in [5.41, 5.74) is 4.65. The lowest BCUT2D eigenvalue weighted by Crippen LogP contribution is -2.39. The summed E-state index contributed by atoms with van der Waals surface area (Å²) < 4.78 is 1.09. The molecule has 0 bridgehead atoms. The van der Waals surface area contributed by atoms with E-state index in [1.807, 2.05) is 6.07 Å². The highest BCUT2D eigenvalue weighted by Crippen LogP contribution is 2.20. The Bertz CT molecular complexity index is 769. The fourth-order valence-electron chi connectivity index (χ4n) is 3.07. The van der Waals surface area contributed by atoms with Crippen LogP contribution in [0.15, 0.2) is 58.1 Å². The van der Waals surface area contributed by atoms with Gasteiger partial charge in [0.25, 0.3) is 0 Å². The molecule has 26 heavy (non-hydrogen) atoms. The Morgan fingerprint density at radius 2 is 1.96 bits per heavy atom. The van der Waals surface area contributed by atoms with Gasteiger partial charge in [0, 0.05) is 16.9 Å². The lowest BCUT2D eigenvalue weighted by Gasteiger charge is -2.30. The van der Waals surface area contributed by atoms with E-state index in [0.29, 0.717) is 0 Å². The summed E-state index contributed by atoms with van der Waals surface area (Å²) in [6.07, 6.45) is 3.22. The minimum atomic E-state index is -0.0373. The van der Waals surface area contributed by atoms with Crippen LogP contribution in [0.1, 0.15) is 24.0 Å². The molecule has 2 aromatic carbocycles. The summed E-state index contributed by atoms with van der Waals surface area (Å²) in [4.78, 5) is 14.6. The van der Waals surface area contributed by atoms with E-state index in [9.17, 15) is 9.90 Å². The number of halogens is 1.